The maximum Gasteiger partial charge on any atom is 0.330 e. The molecule has 0 aromatic carbocycles. The van der Waals surface area contributed by atoms with Gasteiger partial charge in [-0.1, -0.05) is 119 Å². The average molecular weight is 650 g/mol. The van der Waals surface area contributed by atoms with Crippen LogP contribution in [-0.4, -0.2) is 76.6 Å². The molecule has 0 saturated heterocycles. The maximum absolute atomic E-state index is 12.6. The molecule has 0 unspecified atom stereocenters. The Morgan fingerprint density at radius 3 is 1.82 bits per heavy atom. The Labute approximate surface area is 258 Å². The number of carbonyl (C=O) groups is 4. The Balaban J connectivity index is 4.14. The number of rotatable bonds is 24. The van der Waals surface area contributed by atoms with Gasteiger partial charge in [0.25, 0.3) is 9.70 Å². The quantitative estimate of drug-likeness (QED) is 0.0735. The van der Waals surface area contributed by atoms with E-state index in [0.29, 0.717) is 12.2 Å². The minimum Gasteiger partial charge on any atom is -0.467 e. The van der Waals surface area contributed by atoms with Gasteiger partial charge in [0.05, 0.1) is 13.7 Å². The molecule has 0 aliphatic carbocycles. The summed E-state index contributed by atoms with van der Waals surface area (Å²) in [5.74, 6) is -2.54. The lowest BCUT2D eigenvalue weighted by Gasteiger charge is -2.22. The zero-order chi connectivity index (χ0) is 30.2. The van der Waals surface area contributed by atoms with Gasteiger partial charge in [-0.15, -0.1) is 0 Å². The van der Waals surface area contributed by atoms with Gasteiger partial charge in [0.2, 0.25) is 5.91 Å². The molecule has 0 heterocycles. The molecule has 0 spiro atoms. The molecule has 9 nitrogen and oxygen atoms in total. The molecule has 2 atom stereocenters. The second-order valence-corrected chi connectivity index (χ2v) is 13.0. The highest BCUT2D eigenvalue weighted by molar-refractivity contribution is 7.99. The highest BCUT2D eigenvalue weighted by Crippen LogP contribution is 2.26. The van der Waals surface area contributed by atoms with Crippen molar-refractivity contribution in [1.82, 2.24) is 10.6 Å². The van der Waals surface area contributed by atoms with E-state index in [0.717, 1.165) is 26.4 Å². The van der Waals surface area contributed by atoms with Crippen molar-refractivity contribution in [3.8, 4) is 0 Å². The van der Waals surface area contributed by atoms with E-state index in [4.69, 9.17) is 39.5 Å². The van der Waals surface area contributed by atoms with E-state index < -0.39 is 40.3 Å². The van der Waals surface area contributed by atoms with E-state index in [1.165, 1.54) is 76.0 Å². The van der Waals surface area contributed by atoms with E-state index >= 15 is 0 Å². The van der Waals surface area contributed by atoms with Gasteiger partial charge in [-0.2, -0.15) is 11.8 Å². The molecule has 0 rings (SSSR count). The molecular formula is C27H47Cl3N2O7S. The van der Waals surface area contributed by atoms with Crippen molar-refractivity contribution in [3.63, 3.8) is 0 Å². The number of unbranched alkanes of at least 4 members (excludes halogenated alkanes) is 12. The largest absolute Gasteiger partial charge is 0.467 e. The summed E-state index contributed by atoms with van der Waals surface area (Å²) in [6.45, 7) is 1.67. The van der Waals surface area contributed by atoms with Gasteiger partial charge in [-0.25, -0.2) is 4.79 Å². The third-order valence-corrected chi connectivity index (χ3v) is 7.66. The van der Waals surface area contributed by atoms with Gasteiger partial charge in [-0.05, 0) is 6.42 Å². The van der Waals surface area contributed by atoms with Crippen molar-refractivity contribution < 1.29 is 33.8 Å². The van der Waals surface area contributed by atoms with Crippen molar-refractivity contribution in [2.45, 2.75) is 113 Å². The first kappa shape index (κ1) is 39.1. The smallest absolute Gasteiger partial charge is 0.330 e. The highest BCUT2D eigenvalue weighted by Gasteiger charge is 2.35. The van der Waals surface area contributed by atoms with Gasteiger partial charge in [0, 0.05) is 17.9 Å². The molecule has 234 valence electrons. The van der Waals surface area contributed by atoms with Crippen LogP contribution in [0.5, 0.6) is 0 Å². The first-order chi connectivity index (χ1) is 19.1. The molecule has 0 bridgehead atoms. The average Bonchev–Trinajstić information content (AvgIpc) is 2.92. The second-order valence-electron chi connectivity index (χ2n) is 9.58. The maximum atomic E-state index is 12.6. The van der Waals surface area contributed by atoms with Crippen LogP contribution in [0.25, 0.3) is 0 Å². The van der Waals surface area contributed by atoms with Crippen LogP contribution in [0.3, 0.4) is 0 Å². The fourth-order valence-corrected chi connectivity index (χ4v) is 4.79. The Morgan fingerprint density at radius 1 is 0.825 bits per heavy atom. The number of ether oxygens (including phenoxy) is 2. The number of hydrogen-bond acceptors (Lipinski definition) is 8. The number of carbonyl (C=O) groups excluding carboxylic acids is 4. The zero-order valence-electron chi connectivity index (χ0n) is 23.8. The monoisotopic (exact) mass is 648 g/mol. The van der Waals surface area contributed by atoms with Crippen molar-refractivity contribution in [2.24, 2.45) is 0 Å². The summed E-state index contributed by atoms with van der Waals surface area (Å²) in [4.78, 5) is 48.3. The summed E-state index contributed by atoms with van der Waals surface area (Å²) in [6.07, 6.45) is 16.4. The molecule has 0 aliphatic rings. The van der Waals surface area contributed by atoms with Crippen molar-refractivity contribution in [3.05, 3.63) is 0 Å². The van der Waals surface area contributed by atoms with Gasteiger partial charge in [-0.3, -0.25) is 14.4 Å². The predicted octanol–water partition coefficient (Wildman–Crippen LogP) is 5.25. The Morgan fingerprint density at radius 2 is 1.35 bits per heavy atom. The van der Waals surface area contributed by atoms with E-state index in [2.05, 4.69) is 22.3 Å². The first-order valence-corrected chi connectivity index (χ1v) is 16.5. The number of alkyl halides is 3. The normalized spacial score (nSPS) is 12.8. The topological polar surface area (TPSA) is 131 Å². The van der Waals surface area contributed by atoms with Gasteiger partial charge in [0.1, 0.15) is 12.6 Å². The molecule has 0 aromatic rings. The number of halogens is 3. The number of amides is 2. The summed E-state index contributed by atoms with van der Waals surface area (Å²) in [6, 6.07) is -2.51. The second kappa shape index (κ2) is 24.6. The molecular weight excluding hydrogens is 603 g/mol. The lowest BCUT2D eigenvalue weighted by atomic mass is 10.0. The van der Waals surface area contributed by atoms with Crippen LogP contribution in [0.4, 0.5) is 0 Å². The van der Waals surface area contributed by atoms with Crippen LogP contribution in [0.15, 0.2) is 0 Å². The van der Waals surface area contributed by atoms with E-state index in [1.807, 2.05) is 0 Å². The predicted molar refractivity (Wildman–Crippen MR) is 162 cm³/mol. The highest BCUT2D eigenvalue weighted by atomic mass is 35.6. The van der Waals surface area contributed by atoms with Gasteiger partial charge in [0.15, 0.2) is 6.04 Å². The fourth-order valence-electron chi connectivity index (χ4n) is 3.79. The van der Waals surface area contributed by atoms with Crippen molar-refractivity contribution in [1.29, 1.82) is 0 Å². The summed E-state index contributed by atoms with van der Waals surface area (Å²) < 4.78 is 7.46. The van der Waals surface area contributed by atoms with Crippen LogP contribution < -0.4 is 10.6 Å². The number of hydrogen-bond donors (Lipinski definition) is 3. The standard InChI is InChI=1S/C27H47Cl3N2O7S/c1-3-4-5-6-7-8-9-10-11-12-13-14-15-16-23(34)39-17-18-40-20-22(32-26(37)27(28,29)30)24(35)31-21(19-33)25(36)38-2/h21-22,33H,3-20H2,1-2H3,(H,31,35)(H,32,37)/t21-,22-/m0/s1. The van der Waals surface area contributed by atoms with Crippen LogP contribution in [-0.2, 0) is 28.7 Å². The molecule has 0 fully saturated rings. The fraction of sp³-hybridized carbons (Fsp3) is 0.852. The number of aliphatic hydroxyl groups excluding tert-OH is 1. The summed E-state index contributed by atoms with van der Waals surface area (Å²) in [5.41, 5.74) is 0. The SMILES string of the molecule is CCCCCCCCCCCCCCCC(=O)OCCSC[C@H](NC(=O)C(Cl)(Cl)Cl)C(=O)N[C@@H](CO)C(=O)OC. The Bertz CT molecular complexity index is 727. The third-order valence-electron chi connectivity index (χ3n) is 6.12. The van der Waals surface area contributed by atoms with Gasteiger partial charge < -0.3 is 25.2 Å². The molecule has 2 amide bonds. The molecule has 3 N–H and O–H groups in total. The van der Waals surface area contributed by atoms with Crippen LogP contribution in [0, 0.1) is 0 Å². The van der Waals surface area contributed by atoms with E-state index in [1.54, 1.807) is 0 Å². The summed E-state index contributed by atoms with van der Waals surface area (Å²) in [5, 5.41) is 13.9. The van der Waals surface area contributed by atoms with Crippen LogP contribution in [0.1, 0.15) is 96.8 Å². The lowest BCUT2D eigenvalue weighted by molar-refractivity contribution is -0.146. The first-order valence-electron chi connectivity index (χ1n) is 14.2. The minimum atomic E-state index is -2.30. The lowest BCUT2D eigenvalue weighted by Crippen LogP contribution is -2.55. The number of nitrogens with one attached hydrogen (secondary N) is 2. The molecule has 0 aliphatic heterocycles. The third kappa shape index (κ3) is 20.9. The summed E-state index contributed by atoms with van der Waals surface area (Å²) in [7, 11) is 1.11. The van der Waals surface area contributed by atoms with Crippen LogP contribution in [0.2, 0.25) is 0 Å². The number of methoxy groups -OCH3 is 1. The summed E-state index contributed by atoms with van der Waals surface area (Å²) >= 11 is 18.0. The minimum absolute atomic E-state index is 0.0358. The Hall–Kier alpha value is -0.940. The Kier molecular flexibility index (Phi) is 24.1. The molecule has 0 aromatic heterocycles. The zero-order valence-corrected chi connectivity index (χ0v) is 26.9. The molecule has 0 saturated carbocycles. The van der Waals surface area contributed by atoms with Crippen molar-refractivity contribution in [2.75, 3.05) is 31.8 Å². The molecule has 0 radical (unpaired) electrons. The molecule has 40 heavy (non-hydrogen) atoms. The van der Waals surface area contributed by atoms with Crippen LogP contribution >= 0.6 is 46.6 Å². The van der Waals surface area contributed by atoms with Gasteiger partial charge >= 0.3 is 11.9 Å². The van der Waals surface area contributed by atoms with E-state index in [9.17, 15) is 24.3 Å². The van der Waals surface area contributed by atoms with Crippen molar-refractivity contribution >= 4 is 70.3 Å². The number of esters is 2. The van der Waals surface area contributed by atoms with E-state index in [-0.39, 0.29) is 18.3 Å². The number of aliphatic hydroxyl groups is 1. The molecule has 13 heteroatoms. The number of thioether (sulfide) groups is 1.